The molecule has 0 radical (unpaired) electrons. The number of hydrogen-bond donors (Lipinski definition) is 0. The van der Waals surface area contributed by atoms with E-state index >= 15 is 0 Å². The first-order chi connectivity index (χ1) is 31.8. The van der Waals surface area contributed by atoms with E-state index in [1.807, 2.05) is 175 Å². The molecule has 8 nitrogen and oxygen atoms in total. The predicted molar refractivity (Wildman–Crippen MR) is 294 cm³/mol. The fourth-order valence-corrected chi connectivity index (χ4v) is 4.15. The zero-order chi connectivity index (χ0) is 52.1. The fourth-order valence-electron chi connectivity index (χ4n) is 4.15. The maximum absolute atomic E-state index is 4.18. The van der Waals surface area contributed by atoms with E-state index in [1.54, 1.807) is 31.1 Å². The molecule has 6 aromatic rings. The Labute approximate surface area is 408 Å². The maximum atomic E-state index is 4.18. The molecule has 66 heavy (non-hydrogen) atoms. The first-order valence-corrected chi connectivity index (χ1v) is 24.9. The van der Waals surface area contributed by atoms with Gasteiger partial charge in [0, 0.05) is 67.7 Å². The molecule has 0 bridgehead atoms. The summed E-state index contributed by atoms with van der Waals surface area (Å²) in [5, 5.41) is 7.43. The topological polar surface area (TPSA) is 103 Å². The van der Waals surface area contributed by atoms with Gasteiger partial charge < -0.3 is 0 Å². The largest absolute Gasteiger partial charge is 0.265 e. The molecule has 8 heteroatoms. The Morgan fingerprint density at radius 3 is 0.879 bits per heavy atom. The summed E-state index contributed by atoms with van der Waals surface area (Å²) in [5.41, 5.74) is 7.56. The molecule has 0 amide bonds. The van der Waals surface area contributed by atoms with Crippen molar-refractivity contribution in [2.24, 2.45) is 0 Å². The van der Waals surface area contributed by atoms with Gasteiger partial charge in [-0.1, -0.05) is 184 Å². The standard InChI is InChI=1S/4C8H11N.2C7H10N2.6C2H6/c1-7(2)8-3-5-9-6-4-8;2*1-7(2)8-4-3-5-9-6-8;1-7(2)8-5-3-4-6-9-8;1-6(2)7-3-8-5-9-4-7;1-6(2)7-3-4-8-9-5-7;6*1-2/h4*3-7H,1-2H3;2*3-6H,1-2H3;6*1-2H3. The Morgan fingerprint density at radius 1 is 0.273 bits per heavy atom. The van der Waals surface area contributed by atoms with Gasteiger partial charge >= 0.3 is 0 Å². The predicted octanol–water partition coefficient (Wildman–Crippen LogP) is 18.2. The zero-order valence-corrected chi connectivity index (χ0v) is 46.7. The molecule has 372 valence electrons. The third-order valence-electron chi connectivity index (χ3n) is 7.88. The molecule has 0 aromatic carbocycles. The Hall–Kier alpha value is -5.24. The van der Waals surface area contributed by atoms with E-state index in [9.17, 15) is 0 Å². The molecule has 0 aliphatic rings. The number of nitrogens with zero attached hydrogens (tertiary/aromatic N) is 8. The van der Waals surface area contributed by atoms with Gasteiger partial charge in [-0.15, -0.1) is 0 Å². The van der Waals surface area contributed by atoms with Gasteiger partial charge in [0.05, 0.1) is 6.20 Å². The molecule has 0 fully saturated rings. The van der Waals surface area contributed by atoms with Crippen LogP contribution in [0.5, 0.6) is 0 Å². The number of aromatic nitrogens is 8. The molecule has 0 aliphatic carbocycles. The van der Waals surface area contributed by atoms with E-state index < -0.39 is 0 Å². The van der Waals surface area contributed by atoms with Crippen LogP contribution in [-0.2, 0) is 0 Å². The summed E-state index contributed by atoms with van der Waals surface area (Å²) in [7, 11) is 0. The van der Waals surface area contributed by atoms with Crippen LogP contribution in [0.3, 0.4) is 0 Å². The van der Waals surface area contributed by atoms with Gasteiger partial charge in [0.2, 0.25) is 0 Å². The van der Waals surface area contributed by atoms with Crippen molar-refractivity contribution in [3.8, 4) is 0 Å². The highest BCUT2D eigenvalue weighted by Crippen LogP contribution is 2.13. The Morgan fingerprint density at radius 2 is 0.652 bits per heavy atom. The van der Waals surface area contributed by atoms with Crippen molar-refractivity contribution in [2.45, 2.75) is 202 Å². The normalized spacial score (nSPS) is 8.82. The fraction of sp³-hybridized carbons (Fsp3) is 0.517. The number of rotatable bonds is 6. The van der Waals surface area contributed by atoms with Crippen molar-refractivity contribution in [2.75, 3.05) is 0 Å². The van der Waals surface area contributed by atoms with Crippen molar-refractivity contribution in [3.63, 3.8) is 0 Å². The van der Waals surface area contributed by atoms with Gasteiger partial charge in [-0.25, -0.2) is 9.97 Å². The minimum absolute atomic E-state index is 0.534. The summed E-state index contributed by atoms with van der Waals surface area (Å²) >= 11 is 0. The van der Waals surface area contributed by atoms with E-state index in [2.05, 4.69) is 135 Å². The second-order valence-electron chi connectivity index (χ2n) is 14.4. The van der Waals surface area contributed by atoms with Gasteiger partial charge in [0.15, 0.2) is 0 Å². The van der Waals surface area contributed by atoms with E-state index in [4.69, 9.17) is 0 Å². The van der Waals surface area contributed by atoms with Crippen LogP contribution in [0, 0.1) is 0 Å². The first-order valence-electron chi connectivity index (χ1n) is 24.9. The average molecular weight is 909 g/mol. The molecular formula is C58H100N8. The highest BCUT2D eigenvalue weighted by atomic mass is 15.1. The van der Waals surface area contributed by atoms with Crippen molar-refractivity contribution in [1.29, 1.82) is 0 Å². The molecule has 6 rings (SSSR count). The quantitative estimate of drug-likeness (QED) is 0.163. The molecule has 0 atom stereocenters. The van der Waals surface area contributed by atoms with Gasteiger partial charge in [-0.3, -0.25) is 19.9 Å². The van der Waals surface area contributed by atoms with Crippen LogP contribution in [0.1, 0.15) is 235 Å². The van der Waals surface area contributed by atoms with Gasteiger partial charge in [0.25, 0.3) is 0 Å². The minimum atomic E-state index is 0.534. The third-order valence-corrected chi connectivity index (χ3v) is 7.88. The van der Waals surface area contributed by atoms with E-state index in [1.165, 1.54) is 27.8 Å². The lowest BCUT2D eigenvalue weighted by Gasteiger charge is -2.01. The number of hydrogen-bond acceptors (Lipinski definition) is 8. The van der Waals surface area contributed by atoms with E-state index in [0.717, 1.165) is 5.69 Å². The van der Waals surface area contributed by atoms with Crippen LogP contribution in [-0.4, -0.2) is 40.1 Å². The Balaban J connectivity index is -0.000000156. The van der Waals surface area contributed by atoms with Crippen molar-refractivity contribution < 1.29 is 0 Å². The molecular weight excluding hydrogens is 809 g/mol. The van der Waals surface area contributed by atoms with E-state index in [0.29, 0.717) is 35.5 Å². The lowest BCUT2D eigenvalue weighted by Crippen LogP contribution is -1.88. The summed E-state index contributed by atoms with van der Waals surface area (Å²) in [6, 6.07) is 20.2. The second-order valence-corrected chi connectivity index (χ2v) is 14.4. The molecule has 0 aliphatic heterocycles. The molecule has 0 spiro atoms. The average Bonchev–Trinajstić information content (AvgIpc) is 3.40. The molecule has 0 unspecified atom stereocenters. The van der Waals surface area contributed by atoms with Crippen molar-refractivity contribution in [1.82, 2.24) is 40.1 Å². The molecule has 6 heterocycles. The summed E-state index contributed by atoms with van der Waals surface area (Å²) in [5.74, 6) is 3.45. The van der Waals surface area contributed by atoms with Crippen LogP contribution in [0.2, 0.25) is 0 Å². The van der Waals surface area contributed by atoms with Gasteiger partial charge in [0.1, 0.15) is 6.33 Å². The highest BCUT2D eigenvalue weighted by Gasteiger charge is 1.98. The van der Waals surface area contributed by atoms with Crippen LogP contribution in [0.15, 0.2) is 135 Å². The summed E-state index contributed by atoms with van der Waals surface area (Å²) in [6.45, 7) is 49.8. The summed E-state index contributed by atoms with van der Waals surface area (Å²) in [4.78, 5) is 23.9. The van der Waals surface area contributed by atoms with Gasteiger partial charge in [-0.2, -0.15) is 10.2 Å². The first kappa shape index (κ1) is 72.4. The highest BCUT2D eigenvalue weighted by molar-refractivity contribution is 5.14. The van der Waals surface area contributed by atoms with Crippen molar-refractivity contribution in [3.05, 3.63) is 169 Å². The SMILES string of the molecule is CC.CC.CC.CC.CC.CC.CC(C)c1ccccn1.CC(C)c1cccnc1.CC(C)c1cccnc1.CC(C)c1ccncc1.CC(C)c1ccnnc1.CC(C)c1cncnc1. The summed E-state index contributed by atoms with van der Waals surface area (Å²) in [6.07, 6.45) is 21.6. The van der Waals surface area contributed by atoms with Gasteiger partial charge in [-0.05, 0) is 106 Å². The Kier molecular flexibility index (Phi) is 61.3. The lowest BCUT2D eigenvalue weighted by molar-refractivity contribution is 0.823. The van der Waals surface area contributed by atoms with E-state index in [-0.39, 0.29) is 0 Å². The lowest BCUT2D eigenvalue weighted by atomic mass is 10.1. The monoisotopic (exact) mass is 909 g/mol. The van der Waals surface area contributed by atoms with Crippen LogP contribution < -0.4 is 0 Å². The van der Waals surface area contributed by atoms with Crippen LogP contribution in [0.25, 0.3) is 0 Å². The third kappa shape index (κ3) is 44.0. The molecule has 0 N–H and O–H groups in total. The summed E-state index contributed by atoms with van der Waals surface area (Å²) < 4.78 is 0. The molecule has 6 aromatic heterocycles. The zero-order valence-electron chi connectivity index (χ0n) is 46.7. The minimum Gasteiger partial charge on any atom is -0.265 e. The Bertz CT molecular complexity index is 1350. The smallest absolute Gasteiger partial charge is 0.115 e. The molecule has 0 saturated carbocycles. The maximum Gasteiger partial charge on any atom is 0.115 e. The molecule has 0 saturated heterocycles. The second kappa shape index (κ2) is 55.9. The number of pyridine rings is 4. The van der Waals surface area contributed by atoms with Crippen LogP contribution in [0.4, 0.5) is 0 Å². The van der Waals surface area contributed by atoms with Crippen LogP contribution >= 0.6 is 0 Å². The van der Waals surface area contributed by atoms with Crippen molar-refractivity contribution >= 4 is 0 Å².